The first-order valence-corrected chi connectivity index (χ1v) is 6.68. The van der Waals surface area contributed by atoms with Gasteiger partial charge in [-0.1, -0.05) is 6.92 Å². The third-order valence-electron chi connectivity index (χ3n) is 2.40. The molecule has 4 nitrogen and oxygen atoms in total. The lowest BCUT2D eigenvalue weighted by molar-refractivity contribution is 0.796. The summed E-state index contributed by atoms with van der Waals surface area (Å²) in [5.41, 5.74) is 6.73. The molecule has 1 unspecified atom stereocenters. The predicted molar refractivity (Wildman–Crippen MR) is 70.3 cm³/mol. The molecule has 6 heteroatoms. The highest BCUT2D eigenvalue weighted by molar-refractivity contribution is 7.10. The Balaban J connectivity index is 1.95. The Hall–Kier alpha value is -1.14. The van der Waals surface area contributed by atoms with Gasteiger partial charge in [-0.2, -0.15) is 4.37 Å². The van der Waals surface area contributed by atoms with Crippen LogP contribution >= 0.6 is 22.9 Å². The quantitative estimate of drug-likeness (QED) is 0.880. The molecular weight excluding hydrogens is 240 g/mol. The van der Waals surface area contributed by atoms with Gasteiger partial charge in [0.2, 0.25) is 0 Å². The van der Waals surface area contributed by atoms with Gasteiger partial charge < -0.3 is 11.1 Å². The van der Waals surface area contributed by atoms with E-state index in [2.05, 4.69) is 21.6 Å². The lowest BCUT2D eigenvalue weighted by Gasteiger charge is -2.09. The third-order valence-corrected chi connectivity index (χ3v) is 4.33. The van der Waals surface area contributed by atoms with E-state index in [9.17, 15) is 0 Å². The van der Waals surface area contributed by atoms with Crippen molar-refractivity contribution in [2.45, 2.75) is 19.8 Å². The number of rotatable bonds is 4. The van der Waals surface area contributed by atoms with E-state index in [0.717, 1.165) is 22.1 Å². The minimum Gasteiger partial charge on any atom is -0.383 e. The second-order valence-corrected chi connectivity index (χ2v) is 5.37. The summed E-state index contributed by atoms with van der Waals surface area (Å²) >= 11 is 3.10. The van der Waals surface area contributed by atoms with Crippen LogP contribution in [0.1, 0.15) is 23.4 Å². The Kier molecular flexibility index (Phi) is 3.40. The van der Waals surface area contributed by atoms with Gasteiger partial charge in [0.1, 0.15) is 10.8 Å². The predicted octanol–water partition coefficient (Wildman–Crippen LogP) is 2.71. The maximum absolute atomic E-state index is 5.69. The van der Waals surface area contributed by atoms with E-state index in [1.54, 1.807) is 11.3 Å². The fraction of sp³-hybridized carbons (Fsp3) is 0.400. The third kappa shape index (κ3) is 2.33. The summed E-state index contributed by atoms with van der Waals surface area (Å²) in [6.07, 6.45) is 1.84. The van der Waals surface area contributed by atoms with Crippen LogP contribution in [-0.2, 0) is 0 Å². The maximum atomic E-state index is 5.69. The van der Waals surface area contributed by atoms with Crippen molar-refractivity contribution in [3.8, 4) is 0 Å². The van der Waals surface area contributed by atoms with E-state index < -0.39 is 0 Å². The van der Waals surface area contributed by atoms with Crippen molar-refractivity contribution in [2.75, 3.05) is 17.6 Å². The molecule has 0 aliphatic carbocycles. The first kappa shape index (κ1) is 11.3. The smallest absolute Gasteiger partial charge is 0.142 e. The van der Waals surface area contributed by atoms with Gasteiger partial charge in [0.15, 0.2) is 0 Å². The molecule has 86 valence electrons. The minimum absolute atomic E-state index is 0.405. The average molecular weight is 254 g/mol. The van der Waals surface area contributed by atoms with Crippen LogP contribution in [0.2, 0.25) is 0 Å². The fourth-order valence-electron chi connectivity index (χ4n) is 1.32. The fourth-order valence-corrected chi connectivity index (χ4v) is 2.74. The summed E-state index contributed by atoms with van der Waals surface area (Å²) in [6.45, 7) is 5.00. The summed E-state index contributed by atoms with van der Waals surface area (Å²) in [5.74, 6) is 1.03. The van der Waals surface area contributed by atoms with Crippen molar-refractivity contribution < 1.29 is 0 Å². The summed E-state index contributed by atoms with van der Waals surface area (Å²) in [6, 6.07) is 0. The van der Waals surface area contributed by atoms with Crippen LogP contribution in [0.15, 0.2) is 11.6 Å². The standard InChI is InChI=1S/C10H14N4S2/c1-6(9-12-3-4-15-9)5-13-10-7(2)8(11)14-16-10/h3-4,6,13H,5H2,1-2H3,(H2,11,14). The molecule has 0 spiro atoms. The van der Waals surface area contributed by atoms with Crippen molar-refractivity contribution in [1.82, 2.24) is 9.36 Å². The number of thiazole rings is 1. The highest BCUT2D eigenvalue weighted by Crippen LogP contribution is 2.26. The van der Waals surface area contributed by atoms with Gasteiger partial charge in [-0.25, -0.2) is 4.98 Å². The molecule has 0 amide bonds. The molecule has 0 radical (unpaired) electrons. The molecule has 0 aliphatic heterocycles. The molecule has 2 rings (SSSR count). The topological polar surface area (TPSA) is 63.8 Å². The monoisotopic (exact) mass is 254 g/mol. The molecule has 0 aromatic carbocycles. The summed E-state index contributed by atoms with van der Waals surface area (Å²) in [4.78, 5) is 4.30. The van der Waals surface area contributed by atoms with Crippen LogP contribution in [0.25, 0.3) is 0 Å². The highest BCUT2D eigenvalue weighted by Gasteiger charge is 2.10. The molecule has 2 aromatic heterocycles. The van der Waals surface area contributed by atoms with E-state index in [4.69, 9.17) is 5.73 Å². The van der Waals surface area contributed by atoms with E-state index in [-0.39, 0.29) is 0 Å². The van der Waals surface area contributed by atoms with Gasteiger partial charge in [-0.3, -0.25) is 0 Å². The van der Waals surface area contributed by atoms with Crippen molar-refractivity contribution in [3.63, 3.8) is 0 Å². The number of nitrogens with zero attached hydrogens (tertiary/aromatic N) is 2. The van der Waals surface area contributed by atoms with E-state index >= 15 is 0 Å². The number of aromatic nitrogens is 2. The van der Waals surface area contributed by atoms with E-state index in [1.807, 2.05) is 18.5 Å². The molecule has 16 heavy (non-hydrogen) atoms. The van der Waals surface area contributed by atoms with Gasteiger partial charge >= 0.3 is 0 Å². The second kappa shape index (κ2) is 4.80. The Morgan fingerprint density at radius 2 is 2.38 bits per heavy atom. The zero-order valence-electron chi connectivity index (χ0n) is 9.23. The van der Waals surface area contributed by atoms with Crippen LogP contribution in [-0.4, -0.2) is 15.9 Å². The molecule has 0 saturated carbocycles. The number of nitrogens with two attached hydrogens (primary N) is 1. The summed E-state index contributed by atoms with van der Waals surface area (Å²) in [7, 11) is 0. The SMILES string of the molecule is Cc1c(N)nsc1NCC(C)c1nccs1. The zero-order valence-corrected chi connectivity index (χ0v) is 10.9. The number of hydrogen-bond acceptors (Lipinski definition) is 6. The van der Waals surface area contributed by atoms with Gasteiger partial charge in [0, 0.05) is 29.6 Å². The summed E-state index contributed by atoms with van der Waals surface area (Å²) in [5, 5.41) is 7.58. The van der Waals surface area contributed by atoms with E-state index in [0.29, 0.717) is 11.7 Å². The van der Waals surface area contributed by atoms with Gasteiger partial charge in [0.25, 0.3) is 0 Å². The van der Waals surface area contributed by atoms with Crippen molar-refractivity contribution >= 4 is 33.7 Å². The summed E-state index contributed by atoms with van der Waals surface area (Å²) < 4.78 is 4.10. The zero-order chi connectivity index (χ0) is 11.5. The largest absolute Gasteiger partial charge is 0.383 e. The highest BCUT2D eigenvalue weighted by atomic mass is 32.1. The molecule has 2 aromatic rings. The molecule has 0 fully saturated rings. The van der Waals surface area contributed by atoms with Crippen LogP contribution < -0.4 is 11.1 Å². The van der Waals surface area contributed by atoms with Crippen molar-refractivity contribution in [1.29, 1.82) is 0 Å². The van der Waals surface area contributed by atoms with Gasteiger partial charge in [0.05, 0.1) is 5.01 Å². The Morgan fingerprint density at radius 1 is 1.56 bits per heavy atom. The van der Waals surface area contributed by atoms with Crippen LogP contribution in [0, 0.1) is 6.92 Å². The lowest BCUT2D eigenvalue weighted by Crippen LogP contribution is -2.09. The first-order valence-electron chi connectivity index (χ1n) is 5.03. The number of hydrogen-bond donors (Lipinski definition) is 2. The molecule has 0 bridgehead atoms. The average Bonchev–Trinajstić information content (AvgIpc) is 2.89. The van der Waals surface area contributed by atoms with Crippen LogP contribution in [0.4, 0.5) is 10.8 Å². The number of anilines is 2. The lowest BCUT2D eigenvalue weighted by atomic mass is 10.2. The molecular formula is C10H14N4S2. The van der Waals surface area contributed by atoms with Crippen LogP contribution in [0.3, 0.4) is 0 Å². The molecule has 1 atom stereocenters. The van der Waals surface area contributed by atoms with Crippen molar-refractivity contribution in [2.24, 2.45) is 0 Å². The van der Waals surface area contributed by atoms with Gasteiger partial charge in [-0.15, -0.1) is 11.3 Å². The molecule has 3 N–H and O–H groups in total. The number of nitrogen functional groups attached to an aromatic ring is 1. The Morgan fingerprint density at radius 3 is 2.94 bits per heavy atom. The first-order chi connectivity index (χ1) is 7.68. The second-order valence-electron chi connectivity index (χ2n) is 3.67. The van der Waals surface area contributed by atoms with Crippen LogP contribution in [0.5, 0.6) is 0 Å². The normalized spacial score (nSPS) is 12.6. The minimum atomic E-state index is 0.405. The van der Waals surface area contributed by atoms with Gasteiger partial charge in [-0.05, 0) is 18.5 Å². The Bertz CT molecular complexity index is 449. The maximum Gasteiger partial charge on any atom is 0.142 e. The molecule has 0 aliphatic rings. The van der Waals surface area contributed by atoms with Crippen molar-refractivity contribution in [3.05, 3.63) is 22.1 Å². The molecule has 2 heterocycles. The Labute approximate surface area is 103 Å². The van der Waals surface area contributed by atoms with E-state index in [1.165, 1.54) is 11.5 Å². The number of nitrogens with one attached hydrogen (secondary N) is 1. The molecule has 0 saturated heterocycles.